The van der Waals surface area contributed by atoms with Gasteiger partial charge in [0.2, 0.25) is 0 Å². The summed E-state index contributed by atoms with van der Waals surface area (Å²) >= 11 is 0. The van der Waals surface area contributed by atoms with Crippen molar-refractivity contribution in [3.8, 4) is 5.69 Å². The van der Waals surface area contributed by atoms with Gasteiger partial charge in [0.1, 0.15) is 5.82 Å². The average Bonchev–Trinajstić information content (AvgIpc) is 2.64. The third kappa shape index (κ3) is 2.41. The molecule has 0 aliphatic heterocycles. The smallest absolute Gasteiger partial charge is 0.409 e. The number of carbonyl (C=O) groups is 1. The van der Waals surface area contributed by atoms with Gasteiger partial charge in [-0.2, -0.15) is 5.10 Å². The Morgan fingerprint density at radius 2 is 2.24 bits per heavy atom. The lowest BCUT2D eigenvalue weighted by atomic mass is 10.2. The Bertz CT molecular complexity index is 566. The van der Waals surface area contributed by atoms with Crippen molar-refractivity contribution in [2.45, 2.75) is 6.92 Å². The van der Waals surface area contributed by atoms with E-state index in [1.54, 1.807) is 12.3 Å². The quantitative estimate of drug-likeness (QED) is 0.839. The number of halogens is 1. The van der Waals surface area contributed by atoms with Gasteiger partial charge in [-0.05, 0) is 31.2 Å². The van der Waals surface area contributed by atoms with E-state index < -0.39 is 11.9 Å². The van der Waals surface area contributed by atoms with Crippen molar-refractivity contribution in [2.75, 3.05) is 5.32 Å². The first kappa shape index (κ1) is 11.1. The summed E-state index contributed by atoms with van der Waals surface area (Å²) in [4.78, 5) is 10.6. The molecule has 2 aromatic rings. The monoisotopic (exact) mass is 235 g/mol. The van der Waals surface area contributed by atoms with Crippen LogP contribution >= 0.6 is 0 Å². The van der Waals surface area contributed by atoms with Crippen LogP contribution in [0.2, 0.25) is 0 Å². The van der Waals surface area contributed by atoms with Crippen molar-refractivity contribution >= 4 is 11.8 Å². The fourth-order valence-corrected chi connectivity index (χ4v) is 1.47. The molecule has 0 spiro atoms. The second-order valence-corrected chi connectivity index (χ2v) is 3.49. The molecule has 0 aliphatic rings. The van der Waals surface area contributed by atoms with Crippen LogP contribution < -0.4 is 5.32 Å². The van der Waals surface area contributed by atoms with Crippen LogP contribution in [0.3, 0.4) is 0 Å². The van der Waals surface area contributed by atoms with Gasteiger partial charge in [0, 0.05) is 6.20 Å². The van der Waals surface area contributed by atoms with E-state index in [0.717, 1.165) is 11.8 Å². The maximum atomic E-state index is 13.1. The molecule has 2 rings (SSSR count). The zero-order chi connectivity index (χ0) is 12.4. The molecule has 17 heavy (non-hydrogen) atoms. The van der Waals surface area contributed by atoms with Gasteiger partial charge in [-0.15, -0.1) is 0 Å². The summed E-state index contributed by atoms with van der Waals surface area (Å²) in [6.45, 7) is 1.81. The van der Waals surface area contributed by atoms with E-state index in [2.05, 4.69) is 10.4 Å². The summed E-state index contributed by atoms with van der Waals surface area (Å²) < 4.78 is 14.5. The number of nitrogens with one attached hydrogen (secondary N) is 1. The zero-order valence-corrected chi connectivity index (χ0v) is 9.01. The number of hydrogen-bond donors (Lipinski definition) is 2. The molecule has 88 valence electrons. The van der Waals surface area contributed by atoms with Crippen LogP contribution in [-0.4, -0.2) is 21.0 Å². The van der Waals surface area contributed by atoms with Crippen molar-refractivity contribution in [2.24, 2.45) is 0 Å². The first-order chi connectivity index (χ1) is 8.06. The summed E-state index contributed by atoms with van der Waals surface area (Å²) in [7, 11) is 0. The van der Waals surface area contributed by atoms with E-state index in [1.807, 2.05) is 6.92 Å². The number of carboxylic acid groups (broad SMARTS) is 1. The SMILES string of the molecule is Cc1ccn(-c2ccc(F)cc2NC(=O)O)n1. The number of rotatable bonds is 2. The highest BCUT2D eigenvalue weighted by molar-refractivity contribution is 5.86. The van der Waals surface area contributed by atoms with Crippen molar-refractivity contribution in [1.82, 2.24) is 9.78 Å². The largest absolute Gasteiger partial charge is 0.465 e. The summed E-state index contributed by atoms with van der Waals surface area (Å²) in [5, 5.41) is 14.9. The van der Waals surface area contributed by atoms with Crippen LogP contribution in [0.25, 0.3) is 5.69 Å². The Labute approximate surface area is 96.5 Å². The minimum atomic E-state index is -1.25. The molecule has 0 radical (unpaired) electrons. The maximum Gasteiger partial charge on any atom is 0.409 e. The van der Waals surface area contributed by atoms with E-state index in [1.165, 1.54) is 16.8 Å². The van der Waals surface area contributed by atoms with Gasteiger partial charge in [0.25, 0.3) is 0 Å². The van der Waals surface area contributed by atoms with Crippen LogP contribution in [0, 0.1) is 12.7 Å². The molecular weight excluding hydrogens is 225 g/mol. The van der Waals surface area contributed by atoms with Crippen LogP contribution in [0.1, 0.15) is 5.69 Å². The van der Waals surface area contributed by atoms with Crippen molar-refractivity contribution in [1.29, 1.82) is 0 Å². The summed E-state index contributed by atoms with van der Waals surface area (Å²) in [6, 6.07) is 5.60. The third-order valence-corrected chi connectivity index (χ3v) is 2.17. The third-order valence-electron chi connectivity index (χ3n) is 2.17. The van der Waals surface area contributed by atoms with E-state index in [-0.39, 0.29) is 5.69 Å². The fraction of sp³-hybridized carbons (Fsp3) is 0.0909. The van der Waals surface area contributed by atoms with E-state index in [9.17, 15) is 9.18 Å². The molecule has 0 saturated heterocycles. The van der Waals surface area contributed by atoms with Gasteiger partial charge in [0.15, 0.2) is 0 Å². The minimum absolute atomic E-state index is 0.153. The van der Waals surface area contributed by atoms with E-state index in [0.29, 0.717) is 5.69 Å². The lowest BCUT2D eigenvalue weighted by Gasteiger charge is -2.09. The van der Waals surface area contributed by atoms with Crippen molar-refractivity contribution in [3.63, 3.8) is 0 Å². The molecule has 1 amide bonds. The Morgan fingerprint density at radius 3 is 2.82 bits per heavy atom. The molecule has 0 atom stereocenters. The van der Waals surface area contributed by atoms with Gasteiger partial charge in [-0.1, -0.05) is 0 Å². The molecule has 1 heterocycles. The number of anilines is 1. The summed E-state index contributed by atoms with van der Waals surface area (Å²) in [6.07, 6.45) is 0.427. The molecule has 0 aliphatic carbocycles. The van der Waals surface area contributed by atoms with Gasteiger partial charge >= 0.3 is 6.09 Å². The first-order valence-electron chi connectivity index (χ1n) is 4.88. The van der Waals surface area contributed by atoms with Crippen LogP contribution in [0.4, 0.5) is 14.9 Å². The second kappa shape index (κ2) is 4.25. The van der Waals surface area contributed by atoms with E-state index >= 15 is 0 Å². The topological polar surface area (TPSA) is 67.2 Å². The number of amides is 1. The highest BCUT2D eigenvalue weighted by Gasteiger charge is 2.09. The number of nitrogens with zero attached hydrogens (tertiary/aromatic N) is 2. The molecule has 1 aromatic carbocycles. The molecule has 0 bridgehead atoms. The van der Waals surface area contributed by atoms with Crippen LogP contribution in [0.5, 0.6) is 0 Å². The Morgan fingerprint density at radius 1 is 1.47 bits per heavy atom. The standard InChI is InChI=1S/C11H10FN3O2/c1-7-4-5-15(14-7)10-3-2-8(12)6-9(10)13-11(16)17/h2-6,13H,1H3,(H,16,17). The molecule has 0 unspecified atom stereocenters. The van der Waals surface area contributed by atoms with Gasteiger partial charge in [-0.25, -0.2) is 13.9 Å². The Hall–Kier alpha value is -2.37. The highest BCUT2D eigenvalue weighted by Crippen LogP contribution is 2.21. The van der Waals surface area contributed by atoms with Crippen molar-refractivity contribution < 1.29 is 14.3 Å². The minimum Gasteiger partial charge on any atom is -0.465 e. The predicted octanol–water partition coefficient (Wildman–Crippen LogP) is 2.41. The van der Waals surface area contributed by atoms with Crippen LogP contribution in [-0.2, 0) is 0 Å². The second-order valence-electron chi connectivity index (χ2n) is 3.49. The van der Waals surface area contributed by atoms with Gasteiger partial charge in [-0.3, -0.25) is 5.32 Å². The number of hydrogen-bond acceptors (Lipinski definition) is 2. The summed E-state index contributed by atoms with van der Waals surface area (Å²) in [5.74, 6) is -0.513. The molecule has 5 nitrogen and oxygen atoms in total. The van der Waals surface area contributed by atoms with Gasteiger partial charge in [0.05, 0.1) is 17.1 Å². The van der Waals surface area contributed by atoms with Crippen molar-refractivity contribution in [3.05, 3.63) is 42.0 Å². The number of benzene rings is 1. The number of aromatic nitrogens is 2. The molecule has 1 aromatic heterocycles. The lowest BCUT2D eigenvalue weighted by molar-refractivity contribution is 0.209. The molecular formula is C11H10FN3O2. The van der Waals surface area contributed by atoms with Gasteiger partial charge < -0.3 is 5.11 Å². The van der Waals surface area contributed by atoms with E-state index in [4.69, 9.17) is 5.11 Å². The molecule has 6 heteroatoms. The molecule has 0 saturated carbocycles. The number of aryl methyl sites for hydroxylation is 1. The Kier molecular flexibility index (Phi) is 2.78. The first-order valence-corrected chi connectivity index (χ1v) is 4.88. The maximum absolute atomic E-state index is 13.1. The molecule has 2 N–H and O–H groups in total. The highest BCUT2D eigenvalue weighted by atomic mass is 19.1. The normalized spacial score (nSPS) is 10.2. The average molecular weight is 235 g/mol. The van der Waals surface area contributed by atoms with Crippen LogP contribution in [0.15, 0.2) is 30.5 Å². The molecule has 0 fully saturated rings. The predicted molar refractivity (Wildman–Crippen MR) is 59.9 cm³/mol. The fourth-order valence-electron chi connectivity index (χ4n) is 1.47. The summed E-state index contributed by atoms with van der Waals surface area (Å²) in [5.41, 5.74) is 1.41. The lowest BCUT2D eigenvalue weighted by Crippen LogP contribution is -2.11. The Balaban J connectivity index is 2.49. The zero-order valence-electron chi connectivity index (χ0n) is 9.01.